The highest BCUT2D eigenvalue weighted by atomic mass is 16.5. The number of aromatic nitrogens is 4. The molecule has 0 saturated carbocycles. The zero-order chi connectivity index (χ0) is 21.1. The van der Waals surface area contributed by atoms with Gasteiger partial charge in [0.25, 0.3) is 5.91 Å². The number of amides is 1. The SMILES string of the molecule is COc1cc(OC)c2cc(C(=O)NCc3ccnc(-n4cccn4)c3)[nH]c2c1OC. The first-order chi connectivity index (χ1) is 14.6. The Hall–Kier alpha value is -4.01. The Morgan fingerprint density at radius 1 is 1.10 bits per heavy atom. The van der Waals surface area contributed by atoms with Crippen molar-refractivity contribution >= 4 is 16.8 Å². The van der Waals surface area contributed by atoms with E-state index in [9.17, 15) is 4.79 Å². The van der Waals surface area contributed by atoms with E-state index >= 15 is 0 Å². The molecule has 9 heteroatoms. The van der Waals surface area contributed by atoms with E-state index in [1.165, 1.54) is 0 Å². The van der Waals surface area contributed by atoms with Gasteiger partial charge in [-0.25, -0.2) is 9.67 Å². The number of nitrogens with zero attached hydrogens (tertiary/aromatic N) is 3. The van der Waals surface area contributed by atoms with Crippen molar-refractivity contribution in [1.29, 1.82) is 0 Å². The summed E-state index contributed by atoms with van der Waals surface area (Å²) in [6, 6.07) is 8.99. The number of carbonyl (C=O) groups is 1. The molecule has 3 heterocycles. The zero-order valence-corrected chi connectivity index (χ0v) is 16.8. The van der Waals surface area contributed by atoms with Crippen LogP contribution >= 0.6 is 0 Å². The van der Waals surface area contributed by atoms with Gasteiger partial charge in [-0.3, -0.25) is 4.79 Å². The van der Waals surface area contributed by atoms with Crippen LogP contribution in [0.1, 0.15) is 16.1 Å². The van der Waals surface area contributed by atoms with Crippen LogP contribution in [-0.4, -0.2) is 47.0 Å². The Morgan fingerprint density at radius 2 is 1.93 bits per heavy atom. The van der Waals surface area contributed by atoms with Gasteiger partial charge in [0.15, 0.2) is 17.3 Å². The summed E-state index contributed by atoms with van der Waals surface area (Å²) >= 11 is 0. The third-order valence-electron chi connectivity index (χ3n) is 4.69. The van der Waals surface area contributed by atoms with Crippen LogP contribution in [0, 0.1) is 0 Å². The van der Waals surface area contributed by atoms with Gasteiger partial charge in [-0.1, -0.05) is 0 Å². The van der Waals surface area contributed by atoms with Crippen LogP contribution in [0.25, 0.3) is 16.7 Å². The van der Waals surface area contributed by atoms with Crippen LogP contribution in [0.3, 0.4) is 0 Å². The minimum absolute atomic E-state index is 0.258. The first kappa shape index (κ1) is 19.3. The van der Waals surface area contributed by atoms with Crippen LogP contribution in [0.15, 0.2) is 48.9 Å². The molecule has 0 aliphatic rings. The van der Waals surface area contributed by atoms with Crippen LogP contribution in [0.2, 0.25) is 0 Å². The van der Waals surface area contributed by atoms with Crippen molar-refractivity contribution in [2.45, 2.75) is 6.54 Å². The summed E-state index contributed by atoms with van der Waals surface area (Å²) in [5.41, 5.74) is 1.91. The Morgan fingerprint density at radius 3 is 2.63 bits per heavy atom. The molecule has 9 nitrogen and oxygen atoms in total. The average molecular weight is 407 g/mol. The lowest BCUT2D eigenvalue weighted by atomic mass is 10.2. The molecule has 3 aromatic heterocycles. The zero-order valence-electron chi connectivity index (χ0n) is 16.8. The Labute approximate surface area is 172 Å². The fourth-order valence-electron chi connectivity index (χ4n) is 3.24. The van der Waals surface area contributed by atoms with Crippen molar-refractivity contribution in [3.63, 3.8) is 0 Å². The number of fused-ring (bicyclic) bond motifs is 1. The molecular weight excluding hydrogens is 386 g/mol. The Kier molecular flexibility index (Phi) is 5.25. The Balaban J connectivity index is 1.57. The number of methoxy groups -OCH3 is 3. The molecule has 0 radical (unpaired) electrons. The van der Waals surface area contributed by atoms with Gasteiger partial charge in [0.2, 0.25) is 0 Å². The monoisotopic (exact) mass is 407 g/mol. The first-order valence-electron chi connectivity index (χ1n) is 9.19. The molecule has 0 unspecified atom stereocenters. The summed E-state index contributed by atoms with van der Waals surface area (Å²) in [5, 5.41) is 7.81. The number of carbonyl (C=O) groups excluding carboxylic acids is 1. The van der Waals surface area contributed by atoms with Crippen molar-refractivity contribution < 1.29 is 19.0 Å². The number of nitrogens with one attached hydrogen (secondary N) is 2. The molecule has 1 aromatic carbocycles. The van der Waals surface area contributed by atoms with Crippen molar-refractivity contribution in [1.82, 2.24) is 25.1 Å². The maximum atomic E-state index is 12.8. The molecule has 0 fully saturated rings. The number of hydrogen-bond acceptors (Lipinski definition) is 6. The molecule has 0 aliphatic heterocycles. The summed E-state index contributed by atoms with van der Waals surface area (Å²) in [5.74, 6) is 2.02. The van der Waals surface area contributed by atoms with E-state index < -0.39 is 0 Å². The molecule has 1 amide bonds. The number of hydrogen-bond donors (Lipinski definition) is 2. The summed E-state index contributed by atoms with van der Waals surface area (Å²) in [4.78, 5) is 20.2. The fraction of sp³-hybridized carbons (Fsp3) is 0.190. The number of aromatic amines is 1. The number of ether oxygens (including phenoxy) is 3. The highest BCUT2D eigenvalue weighted by molar-refractivity contribution is 6.02. The van der Waals surface area contributed by atoms with E-state index in [4.69, 9.17) is 14.2 Å². The minimum Gasteiger partial charge on any atom is -0.496 e. The van der Waals surface area contributed by atoms with Crippen LogP contribution < -0.4 is 19.5 Å². The highest BCUT2D eigenvalue weighted by Crippen LogP contribution is 2.41. The van der Waals surface area contributed by atoms with Crippen LogP contribution in [-0.2, 0) is 6.54 Å². The molecule has 154 valence electrons. The van der Waals surface area contributed by atoms with Gasteiger partial charge in [0.1, 0.15) is 11.4 Å². The predicted molar refractivity (Wildman–Crippen MR) is 110 cm³/mol. The molecular formula is C21H21N5O4. The molecule has 0 saturated heterocycles. The maximum absolute atomic E-state index is 12.8. The maximum Gasteiger partial charge on any atom is 0.268 e. The van der Waals surface area contributed by atoms with E-state index in [1.54, 1.807) is 50.5 Å². The third-order valence-corrected chi connectivity index (χ3v) is 4.69. The van der Waals surface area contributed by atoms with E-state index in [2.05, 4.69) is 20.4 Å². The van der Waals surface area contributed by atoms with Gasteiger partial charge in [-0.05, 0) is 29.8 Å². The summed E-state index contributed by atoms with van der Waals surface area (Å²) in [6.45, 7) is 0.336. The topological polar surface area (TPSA) is 103 Å². The molecule has 0 aliphatic carbocycles. The van der Waals surface area contributed by atoms with Gasteiger partial charge in [0.05, 0.1) is 26.8 Å². The van der Waals surface area contributed by atoms with E-state index in [-0.39, 0.29) is 5.91 Å². The van der Waals surface area contributed by atoms with E-state index in [1.807, 2.05) is 24.4 Å². The summed E-state index contributed by atoms with van der Waals surface area (Å²) in [6.07, 6.45) is 5.18. The second-order valence-electron chi connectivity index (χ2n) is 6.44. The number of pyridine rings is 1. The fourth-order valence-corrected chi connectivity index (χ4v) is 3.24. The van der Waals surface area contributed by atoms with E-state index in [0.29, 0.717) is 40.8 Å². The molecule has 0 bridgehead atoms. The lowest BCUT2D eigenvalue weighted by molar-refractivity contribution is 0.0946. The quantitative estimate of drug-likeness (QED) is 0.488. The highest BCUT2D eigenvalue weighted by Gasteiger charge is 2.19. The Bertz CT molecular complexity index is 1180. The normalized spacial score (nSPS) is 10.8. The van der Waals surface area contributed by atoms with Gasteiger partial charge >= 0.3 is 0 Å². The molecule has 4 aromatic rings. The second kappa shape index (κ2) is 8.16. The van der Waals surface area contributed by atoms with E-state index in [0.717, 1.165) is 10.9 Å². The van der Waals surface area contributed by atoms with Crippen molar-refractivity contribution in [2.24, 2.45) is 0 Å². The van der Waals surface area contributed by atoms with Crippen molar-refractivity contribution in [3.8, 4) is 23.1 Å². The van der Waals surface area contributed by atoms with Crippen LogP contribution in [0.5, 0.6) is 17.2 Å². The van der Waals surface area contributed by atoms with Gasteiger partial charge in [-0.15, -0.1) is 0 Å². The average Bonchev–Trinajstić information content (AvgIpc) is 3.47. The lowest BCUT2D eigenvalue weighted by Gasteiger charge is -2.11. The standard InChI is InChI=1S/C21H21N5O4/c1-28-16-11-17(29-2)20(30-3)19-14(16)10-15(25-19)21(27)23-12-13-5-7-22-18(9-13)26-8-4-6-24-26/h4-11,25H,12H2,1-3H3,(H,23,27). The van der Waals surface area contributed by atoms with Crippen LogP contribution in [0.4, 0.5) is 0 Å². The molecule has 4 rings (SSSR count). The predicted octanol–water partition coefficient (Wildman–Crippen LogP) is 2.70. The first-order valence-corrected chi connectivity index (χ1v) is 9.19. The van der Waals surface area contributed by atoms with Gasteiger partial charge in [-0.2, -0.15) is 5.10 Å². The number of H-pyrrole nitrogens is 1. The summed E-state index contributed by atoms with van der Waals surface area (Å²) < 4.78 is 17.9. The smallest absolute Gasteiger partial charge is 0.268 e. The molecule has 2 N–H and O–H groups in total. The molecule has 0 spiro atoms. The van der Waals surface area contributed by atoms with Gasteiger partial charge < -0.3 is 24.5 Å². The van der Waals surface area contributed by atoms with Crippen molar-refractivity contribution in [2.75, 3.05) is 21.3 Å². The number of benzene rings is 1. The van der Waals surface area contributed by atoms with Crippen molar-refractivity contribution in [3.05, 3.63) is 60.2 Å². The molecule has 0 atom stereocenters. The largest absolute Gasteiger partial charge is 0.496 e. The molecule has 30 heavy (non-hydrogen) atoms. The lowest BCUT2D eigenvalue weighted by Crippen LogP contribution is -2.23. The third kappa shape index (κ3) is 3.52. The van der Waals surface area contributed by atoms with Gasteiger partial charge in [0, 0.05) is 36.6 Å². The minimum atomic E-state index is -0.258. The summed E-state index contributed by atoms with van der Waals surface area (Å²) in [7, 11) is 4.66. The second-order valence-corrected chi connectivity index (χ2v) is 6.44. The number of rotatable bonds is 7.